The number of carboxylic acid groups (broad SMARTS) is 1. The molecule has 0 radical (unpaired) electrons. The number of carbonyl (C=O) groups is 5. The molecule has 4 amide bonds. The second-order valence-electron chi connectivity index (χ2n) is 15.2. The Balaban J connectivity index is 1.33. The molecule has 3 aliphatic heterocycles. The van der Waals surface area contributed by atoms with Gasteiger partial charge in [0.25, 0.3) is 5.91 Å². The third kappa shape index (κ3) is 11.0. The number of nitrogens with one attached hydrogen (secondary N) is 5. The number of carbonyl (C=O) groups excluding carboxylic acids is 4. The molecule has 7 N–H and O–H groups in total. The monoisotopic (exact) mass is 839 g/mol. The van der Waals surface area contributed by atoms with Gasteiger partial charge in [0.05, 0.1) is 11.7 Å². The summed E-state index contributed by atoms with van der Waals surface area (Å²) in [6, 6.07) is 15.8. The maximum Gasteiger partial charge on any atom is 0.326 e. The van der Waals surface area contributed by atoms with Crippen LogP contribution in [0.2, 0.25) is 0 Å². The van der Waals surface area contributed by atoms with Crippen LogP contribution in [0.3, 0.4) is 0 Å². The molecule has 0 aliphatic carbocycles. The number of fused-ring (bicyclic) bond motifs is 18. The van der Waals surface area contributed by atoms with Crippen molar-refractivity contribution in [2.75, 3.05) is 26.3 Å². The number of amides is 4. The van der Waals surface area contributed by atoms with Crippen molar-refractivity contribution in [3.8, 4) is 11.5 Å². The highest BCUT2D eigenvalue weighted by Crippen LogP contribution is 2.28. The van der Waals surface area contributed by atoms with E-state index in [9.17, 15) is 34.2 Å². The van der Waals surface area contributed by atoms with Gasteiger partial charge in [0.1, 0.15) is 54.6 Å². The van der Waals surface area contributed by atoms with Crippen LogP contribution in [0, 0.1) is 11.4 Å². The lowest BCUT2D eigenvalue weighted by Crippen LogP contribution is -2.58. The first-order valence-corrected chi connectivity index (χ1v) is 20.6. The lowest BCUT2D eigenvalue weighted by Gasteiger charge is -2.30. The molecular weight excluding hydrogens is 791 g/mol. The van der Waals surface area contributed by atoms with Crippen molar-refractivity contribution < 1.29 is 43.7 Å². The number of nitrogens with zero attached hydrogens (tertiary/aromatic N) is 2. The zero-order valence-electron chi connectivity index (χ0n) is 33.3. The maximum absolute atomic E-state index is 14.4. The molecule has 2 bridgehead atoms. The number of hydrogen-bond donors (Lipinski definition) is 7. The van der Waals surface area contributed by atoms with E-state index in [0.29, 0.717) is 17.9 Å². The van der Waals surface area contributed by atoms with E-state index in [-0.39, 0.29) is 68.4 Å². The number of benzene rings is 3. The Hall–Kier alpha value is -6.33. The Morgan fingerprint density at radius 1 is 0.950 bits per heavy atom. The number of aliphatic carboxylic acids is 1. The summed E-state index contributed by atoms with van der Waals surface area (Å²) in [6.07, 6.45) is 0.436. The van der Waals surface area contributed by atoms with Gasteiger partial charge >= 0.3 is 5.97 Å². The Labute approximate surface area is 350 Å². The van der Waals surface area contributed by atoms with E-state index in [2.05, 4.69) is 26.4 Å². The minimum atomic E-state index is -1.36. The van der Waals surface area contributed by atoms with Crippen molar-refractivity contribution in [1.29, 1.82) is 5.53 Å². The lowest BCUT2D eigenvalue weighted by molar-refractivity contribution is -0.143. The van der Waals surface area contributed by atoms with E-state index in [1.54, 1.807) is 42.5 Å². The minimum absolute atomic E-state index is 0.0124. The molecule has 0 spiro atoms. The quantitative estimate of drug-likeness (QED) is 0.139. The second kappa shape index (κ2) is 20.1. The number of ether oxygens (including phenoxy) is 2. The summed E-state index contributed by atoms with van der Waals surface area (Å²) in [5.41, 5.74) is 9.34. The van der Waals surface area contributed by atoms with E-state index in [0.717, 1.165) is 15.6 Å². The Morgan fingerprint density at radius 2 is 1.70 bits per heavy atom. The van der Waals surface area contributed by atoms with Gasteiger partial charge in [0.15, 0.2) is 0 Å². The first-order chi connectivity index (χ1) is 28.9. The summed E-state index contributed by atoms with van der Waals surface area (Å²) in [5, 5.41) is 38.6. The van der Waals surface area contributed by atoms with Gasteiger partial charge in [-0.05, 0) is 64.6 Å². The second-order valence-corrected chi connectivity index (χ2v) is 16.1. The molecule has 1 saturated heterocycles. The van der Waals surface area contributed by atoms with Gasteiger partial charge in [-0.1, -0.05) is 56.3 Å². The molecule has 16 nitrogen and oxygen atoms in total. The molecule has 60 heavy (non-hydrogen) atoms. The van der Waals surface area contributed by atoms with Crippen LogP contribution in [0.5, 0.6) is 11.5 Å². The molecule has 7 rings (SSSR count). The molecule has 0 saturated carbocycles. The number of aliphatic hydroxyl groups excluding tert-OH is 1. The van der Waals surface area contributed by atoms with Crippen molar-refractivity contribution in [3.05, 3.63) is 107 Å². The predicted molar refractivity (Wildman–Crippen MR) is 223 cm³/mol. The average Bonchev–Trinajstić information content (AvgIpc) is 3.84. The van der Waals surface area contributed by atoms with Crippen molar-refractivity contribution in [2.45, 2.75) is 69.8 Å². The highest BCUT2D eigenvalue weighted by Gasteiger charge is 2.43. The Bertz CT molecular complexity index is 2230. The molecule has 3 aromatic carbocycles. The van der Waals surface area contributed by atoms with Crippen molar-refractivity contribution in [2.24, 2.45) is 11.0 Å². The molecule has 17 heteroatoms. The molecule has 5 atom stereocenters. The molecule has 3 aliphatic rings. The molecule has 1 fully saturated rings. The normalized spacial score (nSPS) is 23.4. The summed E-state index contributed by atoms with van der Waals surface area (Å²) in [6.45, 7) is 3.99. The van der Waals surface area contributed by atoms with Gasteiger partial charge in [-0.2, -0.15) is 5.11 Å². The highest BCUT2D eigenvalue weighted by atomic mass is 32.1. The summed E-state index contributed by atoms with van der Waals surface area (Å²) in [7, 11) is 0. The first-order valence-electron chi connectivity index (χ1n) is 19.7. The van der Waals surface area contributed by atoms with E-state index in [1.165, 1.54) is 28.5 Å². The summed E-state index contributed by atoms with van der Waals surface area (Å²) in [5.74, 6) is -3.32. The summed E-state index contributed by atoms with van der Waals surface area (Å²) in [4.78, 5) is 70.4. The maximum atomic E-state index is 14.4. The molecule has 1 aromatic heterocycles. The molecule has 0 unspecified atom stereocenters. The molecule has 316 valence electrons. The van der Waals surface area contributed by atoms with Gasteiger partial charge in [0.2, 0.25) is 17.7 Å². The van der Waals surface area contributed by atoms with E-state index < -0.39 is 59.9 Å². The average molecular weight is 840 g/mol. The molecule has 4 aromatic rings. The number of thiophene rings is 1. The third-order valence-electron chi connectivity index (χ3n) is 10.2. The molecular formula is C43H49N7O9S. The van der Waals surface area contributed by atoms with Crippen LogP contribution in [-0.2, 0) is 32.0 Å². The van der Waals surface area contributed by atoms with Crippen LogP contribution < -0.4 is 30.7 Å². The van der Waals surface area contributed by atoms with Crippen LogP contribution in [-0.4, -0.2) is 101 Å². The minimum Gasteiger partial charge on any atom is -0.492 e. The highest BCUT2D eigenvalue weighted by molar-refractivity contribution is 7.17. The Kier molecular flexibility index (Phi) is 14.5. The zero-order valence-corrected chi connectivity index (χ0v) is 34.1. The van der Waals surface area contributed by atoms with E-state index in [4.69, 9.17) is 15.0 Å². The molecule has 4 heterocycles. The van der Waals surface area contributed by atoms with Crippen LogP contribution in [0.15, 0.2) is 95.2 Å². The van der Waals surface area contributed by atoms with Gasteiger partial charge < -0.3 is 45.9 Å². The predicted octanol–water partition coefficient (Wildman–Crippen LogP) is 3.78. The van der Waals surface area contributed by atoms with Crippen LogP contribution in [0.4, 0.5) is 0 Å². The topological polar surface area (TPSA) is 232 Å². The summed E-state index contributed by atoms with van der Waals surface area (Å²) >= 11 is 1.47. The van der Waals surface area contributed by atoms with Crippen LogP contribution in [0.25, 0.3) is 10.1 Å². The fourth-order valence-corrected chi connectivity index (χ4v) is 8.18. The van der Waals surface area contributed by atoms with Crippen molar-refractivity contribution in [3.63, 3.8) is 0 Å². The number of rotatable bonds is 6. The number of hydrogen-bond acceptors (Lipinski definition) is 12. The number of para-hydroxylation sites is 1. The van der Waals surface area contributed by atoms with Gasteiger partial charge in [-0.3, -0.25) is 19.2 Å². The lowest BCUT2D eigenvalue weighted by atomic mass is 10.0. The zero-order chi connectivity index (χ0) is 42.8. The van der Waals surface area contributed by atoms with Crippen LogP contribution in [0.1, 0.15) is 48.2 Å². The van der Waals surface area contributed by atoms with E-state index >= 15 is 0 Å². The summed E-state index contributed by atoms with van der Waals surface area (Å²) < 4.78 is 12.7. The number of carboxylic acids is 1. The largest absolute Gasteiger partial charge is 0.492 e. The smallest absolute Gasteiger partial charge is 0.326 e. The number of aliphatic hydroxyl groups is 1. The third-order valence-corrected chi connectivity index (χ3v) is 11.2. The standard InChI is InChI=1S/C43H49N7O9S/c1-25(2)17-34-42(55)50-22-29(51)20-36(50)41(54)46-33(19-27-24-60-38-10-6-4-7-31(27)38)40(53)48-35(43(56)57)18-26-11-13-30(14-12-26)58-16-15-45-21-28(49-44)23-59-37-9-5-3-8-32(37)39(52)47-34/h3-14,21,24-25,29,33-36,44-45,51H,15-20,22-23H2,1-2H3,(H,46,54)(H,47,52)(H,48,53)(H,56,57)/b28-21-,49-44?/t29-,33+,34-,35+,36-/m1/s1. The van der Waals surface area contributed by atoms with Gasteiger partial charge in [0, 0.05) is 43.3 Å². The SMILES string of the molecule is CC(C)C[C@H]1NC(=O)c2ccccc2OC/C(N=N)=C/NCCOc2ccc(cc2)C[C@@H](C(=O)O)NC(=O)[C@H](Cc2csc3ccccc23)NC(=O)[C@H]2C[C@@H](O)CN2C1=O. The van der Waals surface area contributed by atoms with Gasteiger partial charge in [-0.15, -0.1) is 11.3 Å². The van der Waals surface area contributed by atoms with Crippen molar-refractivity contribution in [1.82, 2.24) is 26.2 Å². The van der Waals surface area contributed by atoms with E-state index in [1.807, 2.05) is 43.5 Å². The fourth-order valence-electron chi connectivity index (χ4n) is 7.21. The Morgan fingerprint density at radius 3 is 2.45 bits per heavy atom. The van der Waals surface area contributed by atoms with Crippen molar-refractivity contribution >= 4 is 51.0 Å². The van der Waals surface area contributed by atoms with Crippen LogP contribution >= 0.6 is 11.3 Å². The fraction of sp³-hybridized carbons (Fsp3) is 0.372. The first kappa shape index (κ1) is 43.3. The van der Waals surface area contributed by atoms with Gasteiger partial charge in [-0.25, -0.2) is 10.3 Å².